The quantitative estimate of drug-likeness (QED) is 0.809. The number of hydrogen-bond donors (Lipinski definition) is 2. The number of pyridine rings is 1. The maximum atomic E-state index is 12.2. The second-order valence-electron chi connectivity index (χ2n) is 4.87. The van der Waals surface area contributed by atoms with Gasteiger partial charge in [0.15, 0.2) is 0 Å². The summed E-state index contributed by atoms with van der Waals surface area (Å²) in [6, 6.07) is 10.1. The van der Waals surface area contributed by atoms with E-state index < -0.39 is 0 Å². The Morgan fingerprint density at radius 1 is 1.08 bits per heavy atom. The second-order valence-corrected chi connectivity index (χ2v) is 4.87. The van der Waals surface area contributed by atoms with Crippen LogP contribution in [-0.2, 0) is 4.79 Å². The lowest BCUT2D eigenvalue weighted by Gasteiger charge is -2.09. The summed E-state index contributed by atoms with van der Waals surface area (Å²) in [6.45, 7) is 0.205. The van der Waals surface area contributed by atoms with E-state index in [0.717, 1.165) is 0 Å². The average Bonchev–Trinajstić information content (AvgIpc) is 2.61. The van der Waals surface area contributed by atoms with Gasteiger partial charge in [-0.3, -0.25) is 9.59 Å². The molecule has 2 N–H and O–H groups in total. The van der Waals surface area contributed by atoms with E-state index in [9.17, 15) is 9.59 Å². The maximum absolute atomic E-state index is 12.2. The Morgan fingerprint density at radius 2 is 1.79 bits per heavy atom. The van der Waals surface area contributed by atoms with E-state index in [1.54, 1.807) is 42.6 Å². The number of aromatic nitrogens is 1. The number of methoxy groups -OCH3 is 2. The van der Waals surface area contributed by atoms with E-state index in [0.29, 0.717) is 22.9 Å². The normalized spacial score (nSPS) is 9.92. The largest absolute Gasteiger partial charge is 0.497 e. The number of ether oxygens (including phenoxy) is 2. The molecule has 0 saturated carbocycles. The zero-order valence-corrected chi connectivity index (χ0v) is 13.5. The molecule has 0 fully saturated rings. The number of nitrogens with one attached hydrogen (secondary N) is 2. The van der Waals surface area contributed by atoms with Crippen LogP contribution in [0.1, 0.15) is 16.8 Å². The van der Waals surface area contributed by atoms with Crippen molar-refractivity contribution in [3.8, 4) is 11.5 Å². The van der Waals surface area contributed by atoms with Crippen molar-refractivity contribution in [2.75, 3.05) is 26.1 Å². The van der Waals surface area contributed by atoms with Gasteiger partial charge < -0.3 is 20.1 Å². The van der Waals surface area contributed by atoms with Gasteiger partial charge in [0.1, 0.15) is 17.3 Å². The molecule has 0 bridgehead atoms. The van der Waals surface area contributed by atoms with Gasteiger partial charge in [0.05, 0.1) is 14.2 Å². The summed E-state index contributed by atoms with van der Waals surface area (Å²) in [6.07, 6.45) is 1.73. The summed E-state index contributed by atoms with van der Waals surface area (Å²) < 4.78 is 10.3. The summed E-state index contributed by atoms with van der Waals surface area (Å²) in [7, 11) is 3.02. The van der Waals surface area contributed by atoms with E-state index >= 15 is 0 Å². The molecule has 1 aromatic heterocycles. The lowest BCUT2D eigenvalue weighted by Crippen LogP contribution is -2.27. The number of amides is 2. The van der Waals surface area contributed by atoms with Gasteiger partial charge in [-0.05, 0) is 24.3 Å². The Labute approximate surface area is 140 Å². The molecule has 2 aromatic rings. The van der Waals surface area contributed by atoms with Crippen LogP contribution in [0.2, 0.25) is 0 Å². The molecule has 0 aliphatic carbocycles. The van der Waals surface area contributed by atoms with Crippen molar-refractivity contribution >= 4 is 17.6 Å². The highest BCUT2D eigenvalue weighted by Gasteiger charge is 2.10. The fourth-order valence-corrected chi connectivity index (χ4v) is 1.97. The SMILES string of the molecule is COc1cc(OC)cc(C(=O)NCCC(=O)Nc2ccccn2)c1. The fourth-order valence-electron chi connectivity index (χ4n) is 1.97. The van der Waals surface area contributed by atoms with Crippen molar-refractivity contribution in [2.24, 2.45) is 0 Å². The van der Waals surface area contributed by atoms with E-state index in [-0.39, 0.29) is 24.8 Å². The fraction of sp³-hybridized carbons (Fsp3) is 0.235. The van der Waals surface area contributed by atoms with Gasteiger partial charge in [-0.2, -0.15) is 0 Å². The first-order valence-corrected chi connectivity index (χ1v) is 7.34. The monoisotopic (exact) mass is 329 g/mol. The topological polar surface area (TPSA) is 89.5 Å². The Hall–Kier alpha value is -3.09. The van der Waals surface area contributed by atoms with Crippen LogP contribution in [0.5, 0.6) is 11.5 Å². The Bertz CT molecular complexity index is 682. The lowest BCUT2D eigenvalue weighted by molar-refractivity contribution is -0.116. The number of carbonyl (C=O) groups is 2. The molecule has 7 heteroatoms. The Kier molecular flexibility index (Phi) is 6.13. The van der Waals surface area contributed by atoms with Crippen molar-refractivity contribution in [1.29, 1.82) is 0 Å². The van der Waals surface area contributed by atoms with Crippen LogP contribution in [0.25, 0.3) is 0 Å². The van der Waals surface area contributed by atoms with Crippen LogP contribution >= 0.6 is 0 Å². The molecule has 2 amide bonds. The smallest absolute Gasteiger partial charge is 0.251 e. The first-order valence-electron chi connectivity index (χ1n) is 7.34. The molecule has 0 unspecified atom stereocenters. The standard InChI is InChI=1S/C17H19N3O4/c1-23-13-9-12(10-14(11-13)24-2)17(22)19-8-6-16(21)20-15-5-3-4-7-18-15/h3-5,7,9-11H,6,8H2,1-2H3,(H,19,22)(H,18,20,21). The van der Waals surface area contributed by atoms with Crippen molar-refractivity contribution < 1.29 is 19.1 Å². The number of hydrogen-bond acceptors (Lipinski definition) is 5. The van der Waals surface area contributed by atoms with E-state index in [1.807, 2.05) is 0 Å². The van der Waals surface area contributed by atoms with E-state index in [2.05, 4.69) is 15.6 Å². The zero-order chi connectivity index (χ0) is 17.4. The van der Waals surface area contributed by atoms with Crippen molar-refractivity contribution in [3.05, 3.63) is 48.2 Å². The van der Waals surface area contributed by atoms with Gasteiger partial charge in [0, 0.05) is 30.8 Å². The predicted octanol–water partition coefficient (Wildman–Crippen LogP) is 1.86. The van der Waals surface area contributed by atoms with E-state index in [1.165, 1.54) is 14.2 Å². The summed E-state index contributed by atoms with van der Waals surface area (Å²) in [5.74, 6) is 0.987. The molecule has 0 radical (unpaired) electrons. The first kappa shape index (κ1) is 17.3. The number of rotatable bonds is 7. The highest BCUT2D eigenvalue weighted by atomic mass is 16.5. The molecule has 7 nitrogen and oxygen atoms in total. The Balaban J connectivity index is 1.86. The highest BCUT2D eigenvalue weighted by Crippen LogP contribution is 2.22. The van der Waals surface area contributed by atoms with Crippen LogP contribution in [-0.4, -0.2) is 37.6 Å². The summed E-state index contributed by atoms with van der Waals surface area (Å²) in [5, 5.41) is 5.34. The summed E-state index contributed by atoms with van der Waals surface area (Å²) in [5.41, 5.74) is 0.399. The van der Waals surface area contributed by atoms with E-state index in [4.69, 9.17) is 9.47 Å². The molecule has 0 spiro atoms. The molecule has 0 aliphatic rings. The molecule has 0 atom stereocenters. The summed E-state index contributed by atoms with van der Waals surface area (Å²) >= 11 is 0. The molecule has 0 saturated heterocycles. The maximum Gasteiger partial charge on any atom is 0.251 e. The van der Waals surface area contributed by atoms with Gasteiger partial charge in [0.2, 0.25) is 5.91 Å². The van der Waals surface area contributed by atoms with Crippen LogP contribution in [0.15, 0.2) is 42.6 Å². The lowest BCUT2D eigenvalue weighted by atomic mass is 10.2. The molecular weight excluding hydrogens is 310 g/mol. The highest BCUT2D eigenvalue weighted by molar-refractivity contribution is 5.95. The molecule has 1 aromatic carbocycles. The third kappa shape index (κ3) is 4.98. The van der Waals surface area contributed by atoms with Crippen LogP contribution in [0, 0.1) is 0 Å². The van der Waals surface area contributed by atoms with Crippen LogP contribution in [0.4, 0.5) is 5.82 Å². The minimum atomic E-state index is -0.308. The second kappa shape index (κ2) is 8.52. The van der Waals surface area contributed by atoms with Crippen molar-refractivity contribution in [3.63, 3.8) is 0 Å². The first-order chi connectivity index (χ1) is 11.6. The number of anilines is 1. The predicted molar refractivity (Wildman–Crippen MR) is 89.4 cm³/mol. The number of benzene rings is 1. The van der Waals surface area contributed by atoms with Gasteiger partial charge in [-0.1, -0.05) is 6.07 Å². The van der Waals surface area contributed by atoms with Gasteiger partial charge in [0.25, 0.3) is 5.91 Å². The minimum absolute atomic E-state index is 0.142. The third-order valence-corrected chi connectivity index (χ3v) is 3.18. The molecule has 2 rings (SSSR count). The van der Waals surface area contributed by atoms with Crippen molar-refractivity contribution in [2.45, 2.75) is 6.42 Å². The average molecular weight is 329 g/mol. The Morgan fingerprint density at radius 3 is 2.38 bits per heavy atom. The molecule has 0 aliphatic heterocycles. The zero-order valence-electron chi connectivity index (χ0n) is 13.5. The molecule has 126 valence electrons. The van der Waals surface area contributed by atoms with Crippen LogP contribution in [0.3, 0.4) is 0 Å². The number of nitrogens with zero attached hydrogens (tertiary/aromatic N) is 1. The summed E-state index contributed by atoms with van der Waals surface area (Å²) in [4.78, 5) is 27.9. The minimum Gasteiger partial charge on any atom is -0.497 e. The van der Waals surface area contributed by atoms with Gasteiger partial charge in [-0.25, -0.2) is 4.98 Å². The van der Waals surface area contributed by atoms with Gasteiger partial charge in [-0.15, -0.1) is 0 Å². The van der Waals surface area contributed by atoms with Gasteiger partial charge >= 0.3 is 0 Å². The van der Waals surface area contributed by atoms with Crippen molar-refractivity contribution in [1.82, 2.24) is 10.3 Å². The molecule has 1 heterocycles. The number of carbonyl (C=O) groups excluding carboxylic acids is 2. The molecular formula is C17H19N3O4. The van der Waals surface area contributed by atoms with Crippen LogP contribution < -0.4 is 20.1 Å². The molecule has 24 heavy (non-hydrogen) atoms. The third-order valence-electron chi connectivity index (χ3n) is 3.18.